The number of sulfonamides is 1. The molecule has 2 aromatic carbocycles. The molecule has 0 fully saturated rings. The van der Waals surface area contributed by atoms with Gasteiger partial charge in [0.05, 0.1) is 28.3 Å². The largest absolute Gasteiger partial charge is 0.480 e. The van der Waals surface area contributed by atoms with Gasteiger partial charge in [-0.1, -0.05) is 17.3 Å². The first kappa shape index (κ1) is 28.4. The van der Waals surface area contributed by atoms with Crippen molar-refractivity contribution in [3.8, 4) is 0 Å². The number of rotatable bonds is 10. The van der Waals surface area contributed by atoms with E-state index in [1.54, 1.807) is 24.3 Å². The van der Waals surface area contributed by atoms with Crippen LogP contribution < -0.4 is 21.5 Å². The summed E-state index contributed by atoms with van der Waals surface area (Å²) >= 11 is 0. The zero-order chi connectivity index (χ0) is 28.1. The Morgan fingerprint density at radius 1 is 1.13 bits per heavy atom. The van der Waals surface area contributed by atoms with Crippen LogP contribution >= 0.6 is 0 Å². The van der Waals surface area contributed by atoms with Crippen LogP contribution in [-0.4, -0.2) is 55.8 Å². The lowest BCUT2D eigenvalue weighted by Gasteiger charge is -2.16. The number of halogens is 3. The first-order chi connectivity index (χ1) is 17.7. The van der Waals surface area contributed by atoms with Gasteiger partial charge in [-0.05, 0) is 42.0 Å². The Hall–Kier alpha value is -4.18. The van der Waals surface area contributed by atoms with Crippen LogP contribution in [-0.2, 0) is 30.6 Å². The molecule has 2 atom stereocenters. The number of guanidine groups is 1. The van der Waals surface area contributed by atoms with Crippen molar-refractivity contribution in [2.45, 2.75) is 36.1 Å². The molecule has 3 rings (SSSR count). The van der Waals surface area contributed by atoms with Crippen LogP contribution in [0.5, 0.6) is 0 Å². The standard InChI is InChI=1S/C22H23F3N6O6S/c23-22(24,25)13-3-7-16(8-4-13)38(35,36)31-18(20(33)34)11-28-19(32)10-15-9-17(30-37-15)12-1-5-14(6-2-12)29-21(26)27/h1-8,15,18,31H,9-11H2,(H,28,32)(H,33,34)(H4,26,27,29)/t15-,18+/m1/s1. The number of carboxylic acid groups (broad SMARTS) is 1. The lowest BCUT2D eigenvalue weighted by Crippen LogP contribution is -2.48. The van der Waals surface area contributed by atoms with Crippen molar-refractivity contribution in [3.05, 3.63) is 59.7 Å². The van der Waals surface area contributed by atoms with Gasteiger partial charge in [0.2, 0.25) is 15.9 Å². The second-order valence-corrected chi connectivity index (χ2v) is 9.81. The van der Waals surface area contributed by atoms with Gasteiger partial charge in [0.15, 0.2) is 5.96 Å². The number of benzene rings is 2. The third-order valence-electron chi connectivity index (χ3n) is 5.20. The Bertz CT molecular complexity index is 1340. The van der Waals surface area contributed by atoms with E-state index in [0.29, 0.717) is 41.2 Å². The van der Waals surface area contributed by atoms with E-state index < -0.39 is 57.2 Å². The van der Waals surface area contributed by atoms with Crippen LogP contribution in [0.4, 0.5) is 18.9 Å². The van der Waals surface area contributed by atoms with Gasteiger partial charge in [0.1, 0.15) is 12.1 Å². The summed E-state index contributed by atoms with van der Waals surface area (Å²) in [6, 6.07) is 7.49. The van der Waals surface area contributed by atoms with E-state index in [2.05, 4.69) is 15.5 Å². The molecular formula is C22H23F3N6O6S. The molecule has 12 nitrogen and oxygen atoms in total. The number of amides is 1. The molecule has 16 heteroatoms. The molecule has 0 spiro atoms. The van der Waals surface area contributed by atoms with Crippen molar-refractivity contribution in [2.75, 3.05) is 6.54 Å². The molecule has 0 unspecified atom stereocenters. The summed E-state index contributed by atoms with van der Waals surface area (Å²) in [5.74, 6) is -2.33. The number of carbonyl (C=O) groups is 2. The molecule has 0 bridgehead atoms. The number of hydrogen-bond acceptors (Lipinski definition) is 7. The molecule has 7 N–H and O–H groups in total. The topological polar surface area (TPSA) is 199 Å². The average Bonchev–Trinajstić information content (AvgIpc) is 3.29. The van der Waals surface area contributed by atoms with Crippen LogP contribution in [0.2, 0.25) is 0 Å². The van der Waals surface area contributed by atoms with Gasteiger partial charge in [0.25, 0.3) is 0 Å². The van der Waals surface area contributed by atoms with Crippen LogP contribution in [0.1, 0.15) is 24.0 Å². The maximum atomic E-state index is 12.7. The smallest absolute Gasteiger partial charge is 0.416 e. The van der Waals surface area contributed by atoms with Crippen molar-refractivity contribution in [3.63, 3.8) is 0 Å². The lowest BCUT2D eigenvalue weighted by atomic mass is 10.0. The van der Waals surface area contributed by atoms with E-state index in [9.17, 15) is 36.3 Å². The lowest BCUT2D eigenvalue weighted by molar-refractivity contribution is -0.139. The van der Waals surface area contributed by atoms with E-state index >= 15 is 0 Å². The molecule has 204 valence electrons. The van der Waals surface area contributed by atoms with Crippen molar-refractivity contribution in [1.29, 1.82) is 0 Å². The zero-order valence-corrected chi connectivity index (χ0v) is 20.3. The fraction of sp³-hybridized carbons (Fsp3) is 0.273. The van der Waals surface area contributed by atoms with Gasteiger partial charge in [-0.2, -0.15) is 17.9 Å². The van der Waals surface area contributed by atoms with Crippen molar-refractivity contribution in [2.24, 2.45) is 21.6 Å². The van der Waals surface area contributed by atoms with E-state index in [1.165, 1.54) is 0 Å². The van der Waals surface area contributed by atoms with Gasteiger partial charge in [-0.15, -0.1) is 0 Å². The van der Waals surface area contributed by atoms with E-state index in [-0.39, 0.29) is 18.8 Å². The minimum absolute atomic E-state index is 0.0945. The molecule has 1 aliphatic rings. The summed E-state index contributed by atoms with van der Waals surface area (Å²) in [6.07, 6.45) is -5.23. The molecule has 0 saturated heterocycles. The monoisotopic (exact) mass is 556 g/mol. The summed E-state index contributed by atoms with van der Waals surface area (Å²) in [4.78, 5) is 32.5. The van der Waals surface area contributed by atoms with Crippen LogP contribution in [0.25, 0.3) is 0 Å². The van der Waals surface area contributed by atoms with Gasteiger partial charge < -0.3 is 26.7 Å². The molecule has 0 saturated carbocycles. The van der Waals surface area contributed by atoms with Crippen molar-refractivity contribution in [1.82, 2.24) is 10.0 Å². The number of carbonyl (C=O) groups excluding carboxylic acids is 1. The third kappa shape index (κ3) is 7.66. The molecule has 0 radical (unpaired) electrons. The molecule has 1 heterocycles. The maximum Gasteiger partial charge on any atom is 0.416 e. The number of carboxylic acids is 1. The fourth-order valence-corrected chi connectivity index (χ4v) is 4.53. The number of aliphatic carboxylic acids is 1. The molecule has 1 aliphatic heterocycles. The summed E-state index contributed by atoms with van der Waals surface area (Å²) in [7, 11) is -4.50. The number of nitrogens with zero attached hydrogens (tertiary/aromatic N) is 2. The molecule has 1 amide bonds. The summed E-state index contributed by atoms with van der Waals surface area (Å²) in [5.41, 5.74) is 11.4. The Morgan fingerprint density at radius 3 is 2.32 bits per heavy atom. The van der Waals surface area contributed by atoms with Crippen LogP contribution in [0.3, 0.4) is 0 Å². The van der Waals surface area contributed by atoms with Crippen molar-refractivity contribution < 1.29 is 41.1 Å². The summed E-state index contributed by atoms with van der Waals surface area (Å²) in [6.45, 7) is -0.624. The highest BCUT2D eigenvalue weighted by Crippen LogP contribution is 2.29. The van der Waals surface area contributed by atoms with E-state index in [1.807, 2.05) is 4.72 Å². The number of nitrogens with two attached hydrogens (primary N) is 2. The van der Waals surface area contributed by atoms with Gasteiger partial charge in [0, 0.05) is 13.0 Å². The van der Waals surface area contributed by atoms with E-state index in [0.717, 1.165) is 0 Å². The number of hydrogen-bond donors (Lipinski definition) is 5. The molecular weight excluding hydrogens is 533 g/mol. The quantitative estimate of drug-likeness (QED) is 0.211. The first-order valence-electron chi connectivity index (χ1n) is 10.9. The third-order valence-corrected chi connectivity index (χ3v) is 6.68. The highest BCUT2D eigenvalue weighted by molar-refractivity contribution is 7.89. The molecule has 2 aromatic rings. The Kier molecular flexibility index (Phi) is 8.57. The Morgan fingerprint density at radius 2 is 1.76 bits per heavy atom. The maximum absolute atomic E-state index is 12.7. The zero-order valence-electron chi connectivity index (χ0n) is 19.5. The van der Waals surface area contributed by atoms with E-state index in [4.69, 9.17) is 16.3 Å². The number of nitrogens with one attached hydrogen (secondary N) is 2. The summed E-state index contributed by atoms with van der Waals surface area (Å²) in [5, 5.41) is 15.6. The Labute approximate surface area is 214 Å². The summed E-state index contributed by atoms with van der Waals surface area (Å²) < 4.78 is 64.9. The number of oxime groups is 1. The highest BCUT2D eigenvalue weighted by Gasteiger charge is 2.32. The normalized spacial score (nSPS) is 16.2. The minimum atomic E-state index is -4.67. The minimum Gasteiger partial charge on any atom is -0.480 e. The second-order valence-electron chi connectivity index (χ2n) is 8.10. The highest BCUT2D eigenvalue weighted by atomic mass is 32.2. The van der Waals surface area contributed by atoms with Gasteiger partial charge >= 0.3 is 12.1 Å². The van der Waals surface area contributed by atoms with Gasteiger partial charge in [-0.3, -0.25) is 9.59 Å². The average molecular weight is 557 g/mol. The van der Waals surface area contributed by atoms with Crippen molar-refractivity contribution >= 4 is 39.3 Å². The number of aliphatic imine (C=N–C) groups is 1. The van der Waals surface area contributed by atoms with Crippen LogP contribution in [0.15, 0.2) is 63.6 Å². The SMILES string of the molecule is NC(N)=Nc1ccc(C2=NO[C@@H](CC(=O)NC[C@H](NS(=O)(=O)c3ccc(C(F)(F)F)cc3)C(=O)O)C2)cc1. The van der Waals surface area contributed by atoms with Gasteiger partial charge in [-0.25, -0.2) is 13.4 Å². The second kappa shape index (κ2) is 11.5. The predicted molar refractivity (Wildman–Crippen MR) is 129 cm³/mol. The number of alkyl halides is 3. The molecule has 0 aliphatic carbocycles. The fourth-order valence-electron chi connectivity index (χ4n) is 3.34. The van der Waals surface area contributed by atoms with Crippen LogP contribution in [0, 0.1) is 0 Å². The molecule has 0 aromatic heterocycles. The first-order valence-corrected chi connectivity index (χ1v) is 12.3. The predicted octanol–water partition coefficient (Wildman–Crippen LogP) is 1.04. The molecule has 38 heavy (non-hydrogen) atoms. The Balaban J connectivity index is 1.53.